The quantitative estimate of drug-likeness (QED) is 0.910. The van der Waals surface area contributed by atoms with Crippen molar-refractivity contribution in [1.29, 1.82) is 0 Å². The fourth-order valence-corrected chi connectivity index (χ4v) is 3.38. The van der Waals surface area contributed by atoms with E-state index in [9.17, 15) is 4.79 Å². The van der Waals surface area contributed by atoms with Crippen molar-refractivity contribution in [2.24, 2.45) is 11.7 Å². The third-order valence-corrected chi connectivity index (χ3v) is 4.88. The smallest absolute Gasteiger partial charge is 0.237 e. The molecule has 2 heterocycles. The highest BCUT2D eigenvalue weighted by Crippen LogP contribution is 2.20. The van der Waals surface area contributed by atoms with Gasteiger partial charge in [-0.1, -0.05) is 24.3 Å². The van der Waals surface area contributed by atoms with Crippen LogP contribution in [0.15, 0.2) is 24.3 Å². The molecule has 0 unspecified atom stereocenters. The van der Waals surface area contributed by atoms with Gasteiger partial charge in [0, 0.05) is 13.1 Å². The summed E-state index contributed by atoms with van der Waals surface area (Å²) in [6.07, 6.45) is 3.25. The molecule has 0 saturated carbocycles. The molecule has 0 bridgehead atoms. The van der Waals surface area contributed by atoms with Crippen LogP contribution in [0.25, 0.3) is 0 Å². The van der Waals surface area contributed by atoms with Gasteiger partial charge in [0.15, 0.2) is 0 Å². The Balaban J connectivity index is 1.53. The number of benzene rings is 1. The van der Waals surface area contributed by atoms with Gasteiger partial charge in [-0.3, -0.25) is 9.69 Å². The minimum Gasteiger partial charge on any atom is -0.337 e. The van der Waals surface area contributed by atoms with Gasteiger partial charge in [0.25, 0.3) is 0 Å². The van der Waals surface area contributed by atoms with E-state index in [2.05, 4.69) is 29.2 Å². The zero-order valence-corrected chi connectivity index (χ0v) is 12.6. The summed E-state index contributed by atoms with van der Waals surface area (Å²) in [7, 11) is 0. The van der Waals surface area contributed by atoms with Crippen molar-refractivity contribution in [3.63, 3.8) is 0 Å². The summed E-state index contributed by atoms with van der Waals surface area (Å²) in [5, 5.41) is 0. The third kappa shape index (κ3) is 3.44. The Kier molecular flexibility index (Phi) is 4.56. The van der Waals surface area contributed by atoms with E-state index in [1.807, 2.05) is 4.90 Å². The van der Waals surface area contributed by atoms with Gasteiger partial charge >= 0.3 is 0 Å². The van der Waals surface area contributed by atoms with Gasteiger partial charge in [-0.25, -0.2) is 0 Å². The molecule has 1 amide bonds. The maximum absolute atomic E-state index is 12.5. The number of piperidine rings is 1. The van der Waals surface area contributed by atoms with E-state index < -0.39 is 0 Å². The summed E-state index contributed by atoms with van der Waals surface area (Å²) >= 11 is 0. The second-order valence-electron chi connectivity index (χ2n) is 6.29. The lowest BCUT2D eigenvalue weighted by Gasteiger charge is -2.34. The highest BCUT2D eigenvalue weighted by Gasteiger charge is 2.24. The summed E-state index contributed by atoms with van der Waals surface area (Å²) in [4.78, 5) is 16.8. The van der Waals surface area contributed by atoms with Gasteiger partial charge in [0.1, 0.15) is 0 Å². The van der Waals surface area contributed by atoms with Crippen LogP contribution in [-0.2, 0) is 17.8 Å². The van der Waals surface area contributed by atoms with Gasteiger partial charge in [-0.15, -0.1) is 0 Å². The predicted octanol–water partition coefficient (Wildman–Crippen LogP) is 1.24. The Morgan fingerprint density at radius 1 is 1.14 bits per heavy atom. The van der Waals surface area contributed by atoms with Gasteiger partial charge in [0.05, 0.1) is 6.54 Å². The molecular weight excluding hydrogens is 262 g/mol. The second-order valence-corrected chi connectivity index (χ2v) is 6.29. The standard InChI is InChI=1S/C17H25N3O/c18-11-14-5-8-19(9-6-14)13-17(21)20-10-7-15-3-1-2-4-16(15)12-20/h1-4,14H,5-13,18H2. The highest BCUT2D eigenvalue weighted by molar-refractivity contribution is 5.78. The van der Waals surface area contributed by atoms with Crippen LogP contribution in [-0.4, -0.2) is 48.4 Å². The maximum atomic E-state index is 12.5. The molecule has 1 aromatic carbocycles. The van der Waals surface area contributed by atoms with Crippen LogP contribution in [0, 0.1) is 5.92 Å². The molecule has 4 nitrogen and oxygen atoms in total. The Morgan fingerprint density at radius 3 is 2.57 bits per heavy atom. The first-order valence-corrected chi connectivity index (χ1v) is 8.03. The molecular formula is C17H25N3O. The second kappa shape index (κ2) is 6.58. The number of hydrogen-bond donors (Lipinski definition) is 1. The van der Waals surface area contributed by atoms with E-state index in [1.54, 1.807) is 0 Å². The first kappa shape index (κ1) is 14.5. The van der Waals surface area contributed by atoms with E-state index >= 15 is 0 Å². The summed E-state index contributed by atoms with van der Waals surface area (Å²) in [5.74, 6) is 0.925. The van der Waals surface area contributed by atoms with E-state index in [0.29, 0.717) is 12.5 Å². The number of hydrogen-bond acceptors (Lipinski definition) is 3. The van der Waals surface area contributed by atoms with Crippen molar-refractivity contribution >= 4 is 5.91 Å². The highest BCUT2D eigenvalue weighted by atomic mass is 16.2. The monoisotopic (exact) mass is 287 g/mol. The van der Waals surface area contributed by atoms with Crippen LogP contribution in [0.3, 0.4) is 0 Å². The average molecular weight is 287 g/mol. The molecule has 4 heteroatoms. The van der Waals surface area contributed by atoms with E-state index in [0.717, 1.165) is 52.0 Å². The number of nitrogens with two attached hydrogens (primary N) is 1. The maximum Gasteiger partial charge on any atom is 0.237 e. The molecule has 1 saturated heterocycles. The van der Waals surface area contributed by atoms with Crippen LogP contribution in [0.1, 0.15) is 24.0 Å². The molecule has 3 rings (SSSR count). The minimum atomic E-state index is 0.274. The minimum absolute atomic E-state index is 0.274. The number of carbonyl (C=O) groups is 1. The van der Waals surface area contributed by atoms with Gasteiger partial charge in [-0.2, -0.15) is 0 Å². The molecule has 0 atom stereocenters. The van der Waals surface area contributed by atoms with E-state index in [4.69, 9.17) is 5.73 Å². The molecule has 2 N–H and O–H groups in total. The third-order valence-electron chi connectivity index (χ3n) is 4.88. The van der Waals surface area contributed by atoms with Crippen LogP contribution < -0.4 is 5.73 Å². The summed E-state index contributed by atoms with van der Waals surface area (Å²) in [6.45, 7) is 5.00. The molecule has 1 aromatic rings. The summed E-state index contributed by atoms with van der Waals surface area (Å²) < 4.78 is 0. The van der Waals surface area contributed by atoms with Gasteiger partial charge in [0.2, 0.25) is 5.91 Å². The van der Waals surface area contributed by atoms with Crippen LogP contribution in [0.2, 0.25) is 0 Å². The number of likely N-dealkylation sites (tertiary alicyclic amines) is 1. The molecule has 0 spiro atoms. The molecule has 21 heavy (non-hydrogen) atoms. The Morgan fingerprint density at radius 2 is 1.86 bits per heavy atom. The lowest BCUT2D eigenvalue weighted by Crippen LogP contribution is -2.45. The van der Waals surface area contributed by atoms with Crippen molar-refractivity contribution in [2.45, 2.75) is 25.8 Å². The molecule has 2 aliphatic rings. The Bertz CT molecular complexity index is 495. The first-order valence-electron chi connectivity index (χ1n) is 8.03. The van der Waals surface area contributed by atoms with Crippen molar-refractivity contribution in [1.82, 2.24) is 9.80 Å². The SMILES string of the molecule is NCC1CCN(CC(=O)N2CCc3ccccc3C2)CC1. The average Bonchev–Trinajstić information content (AvgIpc) is 2.55. The number of carbonyl (C=O) groups excluding carboxylic acids is 1. The fraction of sp³-hybridized carbons (Fsp3) is 0.588. The molecule has 0 radical (unpaired) electrons. The molecule has 114 valence electrons. The van der Waals surface area contributed by atoms with Crippen LogP contribution in [0.4, 0.5) is 0 Å². The predicted molar refractivity (Wildman–Crippen MR) is 83.8 cm³/mol. The normalized spacial score (nSPS) is 20.3. The topological polar surface area (TPSA) is 49.6 Å². The molecule has 1 fully saturated rings. The zero-order valence-electron chi connectivity index (χ0n) is 12.6. The lowest BCUT2D eigenvalue weighted by atomic mass is 9.97. The van der Waals surface area contributed by atoms with Gasteiger partial charge < -0.3 is 10.6 Å². The number of fused-ring (bicyclic) bond motifs is 1. The van der Waals surface area contributed by atoms with Crippen molar-refractivity contribution in [2.75, 3.05) is 32.7 Å². The van der Waals surface area contributed by atoms with E-state index in [-0.39, 0.29) is 5.91 Å². The van der Waals surface area contributed by atoms with Crippen molar-refractivity contribution < 1.29 is 4.79 Å². The van der Waals surface area contributed by atoms with Crippen molar-refractivity contribution in [3.8, 4) is 0 Å². The lowest BCUT2D eigenvalue weighted by molar-refractivity contribution is -0.133. The number of rotatable bonds is 3. The van der Waals surface area contributed by atoms with Crippen LogP contribution in [0.5, 0.6) is 0 Å². The van der Waals surface area contributed by atoms with Crippen LogP contribution >= 0.6 is 0 Å². The Labute approximate surface area is 126 Å². The van der Waals surface area contributed by atoms with E-state index in [1.165, 1.54) is 11.1 Å². The molecule has 0 aromatic heterocycles. The fourth-order valence-electron chi connectivity index (χ4n) is 3.38. The largest absolute Gasteiger partial charge is 0.337 e. The number of amides is 1. The molecule has 2 aliphatic heterocycles. The summed E-state index contributed by atoms with van der Waals surface area (Å²) in [6, 6.07) is 8.46. The van der Waals surface area contributed by atoms with Gasteiger partial charge in [-0.05, 0) is 55.9 Å². The molecule has 0 aliphatic carbocycles. The zero-order chi connectivity index (χ0) is 14.7. The Hall–Kier alpha value is -1.39. The summed E-state index contributed by atoms with van der Waals surface area (Å²) in [5.41, 5.74) is 8.42. The number of nitrogens with zero attached hydrogens (tertiary/aromatic N) is 2. The van der Waals surface area contributed by atoms with Crippen molar-refractivity contribution in [3.05, 3.63) is 35.4 Å². The first-order chi connectivity index (χ1) is 10.3.